The van der Waals surface area contributed by atoms with Gasteiger partial charge in [0.1, 0.15) is 6.23 Å². The molecule has 6 heteroatoms. The minimum Gasteiger partial charge on any atom is -0.370 e. The highest BCUT2D eigenvalue weighted by Crippen LogP contribution is 2.29. The topological polar surface area (TPSA) is 72.1 Å². The van der Waals surface area contributed by atoms with Crippen molar-refractivity contribution in [2.45, 2.75) is 12.8 Å². The summed E-state index contributed by atoms with van der Waals surface area (Å²) in [6.45, 7) is 0.674. The van der Waals surface area contributed by atoms with Crippen molar-refractivity contribution in [3.8, 4) is 11.1 Å². The van der Waals surface area contributed by atoms with Gasteiger partial charge in [0.05, 0.1) is 12.7 Å². The fourth-order valence-electron chi connectivity index (χ4n) is 3.15. The average molecular weight is 360 g/mol. The summed E-state index contributed by atoms with van der Waals surface area (Å²) < 4.78 is 3.43. The van der Waals surface area contributed by atoms with Gasteiger partial charge >= 0.3 is 0 Å². The SMILES string of the molecule is Cn1cc(-c2cnn(Cc3ccccc3)c2)c(C2=CC(O)NC=C2)cc1=O. The summed E-state index contributed by atoms with van der Waals surface area (Å²) in [6, 6.07) is 11.7. The largest absolute Gasteiger partial charge is 0.370 e. The normalized spacial score (nSPS) is 16.1. The number of allylic oxidation sites excluding steroid dienone is 2. The summed E-state index contributed by atoms with van der Waals surface area (Å²) in [7, 11) is 1.73. The van der Waals surface area contributed by atoms with Crippen LogP contribution in [0, 0.1) is 0 Å². The Morgan fingerprint density at radius 3 is 2.78 bits per heavy atom. The molecule has 3 heterocycles. The lowest BCUT2D eigenvalue weighted by molar-refractivity contribution is 0.201. The Kier molecular flexibility index (Phi) is 4.48. The maximum Gasteiger partial charge on any atom is 0.250 e. The minimum absolute atomic E-state index is 0.104. The molecule has 1 aliphatic heterocycles. The number of aromatic nitrogens is 3. The zero-order valence-electron chi connectivity index (χ0n) is 14.9. The van der Waals surface area contributed by atoms with Crippen molar-refractivity contribution < 1.29 is 5.11 Å². The van der Waals surface area contributed by atoms with Gasteiger partial charge in [0.2, 0.25) is 0 Å². The first-order chi connectivity index (χ1) is 13.1. The van der Waals surface area contributed by atoms with Gasteiger partial charge in [0.25, 0.3) is 5.56 Å². The molecule has 0 aliphatic carbocycles. The average Bonchev–Trinajstić information content (AvgIpc) is 3.13. The molecule has 27 heavy (non-hydrogen) atoms. The van der Waals surface area contributed by atoms with E-state index in [4.69, 9.17) is 0 Å². The van der Waals surface area contributed by atoms with E-state index >= 15 is 0 Å². The Balaban J connectivity index is 1.74. The Bertz CT molecular complexity index is 1080. The maximum atomic E-state index is 12.2. The number of aliphatic hydroxyl groups is 1. The number of nitrogens with zero attached hydrogens (tertiary/aromatic N) is 3. The molecule has 2 N–H and O–H groups in total. The molecule has 1 atom stereocenters. The van der Waals surface area contributed by atoms with Crippen LogP contribution in [0.5, 0.6) is 0 Å². The van der Waals surface area contributed by atoms with Gasteiger partial charge in [-0.25, -0.2) is 0 Å². The summed E-state index contributed by atoms with van der Waals surface area (Å²) >= 11 is 0. The van der Waals surface area contributed by atoms with Crippen LogP contribution < -0.4 is 10.9 Å². The van der Waals surface area contributed by atoms with Crippen molar-refractivity contribution in [3.05, 3.63) is 94.8 Å². The molecule has 0 spiro atoms. The molecule has 0 fully saturated rings. The van der Waals surface area contributed by atoms with E-state index in [-0.39, 0.29) is 5.56 Å². The molecule has 1 unspecified atom stereocenters. The van der Waals surface area contributed by atoms with Crippen LogP contribution in [0.2, 0.25) is 0 Å². The van der Waals surface area contributed by atoms with Crippen molar-refractivity contribution in [3.63, 3.8) is 0 Å². The van der Waals surface area contributed by atoms with Crippen molar-refractivity contribution in [1.82, 2.24) is 19.7 Å². The minimum atomic E-state index is -0.775. The number of benzene rings is 1. The molecule has 6 nitrogen and oxygen atoms in total. The Labute approximate surface area is 156 Å². The fourth-order valence-corrected chi connectivity index (χ4v) is 3.15. The van der Waals surface area contributed by atoms with Crippen molar-refractivity contribution in [2.75, 3.05) is 0 Å². The Morgan fingerprint density at radius 1 is 1.19 bits per heavy atom. The predicted octanol–water partition coefficient (Wildman–Crippen LogP) is 2.12. The fraction of sp³-hybridized carbons (Fsp3) is 0.143. The van der Waals surface area contributed by atoms with Gasteiger partial charge in [0, 0.05) is 36.6 Å². The van der Waals surface area contributed by atoms with Crippen molar-refractivity contribution >= 4 is 5.57 Å². The molecule has 136 valence electrons. The van der Waals surface area contributed by atoms with Gasteiger partial charge < -0.3 is 15.0 Å². The molecule has 0 saturated carbocycles. The second-order valence-electron chi connectivity index (χ2n) is 6.53. The van der Waals surface area contributed by atoms with E-state index in [2.05, 4.69) is 22.5 Å². The summed E-state index contributed by atoms with van der Waals surface area (Å²) in [5, 5.41) is 17.1. The van der Waals surface area contributed by atoms with E-state index in [0.29, 0.717) is 6.54 Å². The molecule has 2 aromatic heterocycles. The van der Waals surface area contributed by atoms with Gasteiger partial charge in [-0.2, -0.15) is 5.10 Å². The molecular weight excluding hydrogens is 340 g/mol. The van der Waals surface area contributed by atoms with Crippen LogP contribution in [0.4, 0.5) is 0 Å². The Morgan fingerprint density at radius 2 is 2.00 bits per heavy atom. The zero-order chi connectivity index (χ0) is 18.8. The molecule has 0 saturated heterocycles. The number of dihydropyridines is 1. The number of aliphatic hydroxyl groups excluding tert-OH is 1. The van der Waals surface area contributed by atoms with E-state index in [0.717, 1.165) is 22.3 Å². The Hall–Kier alpha value is -3.38. The second kappa shape index (κ2) is 7.09. The molecule has 4 rings (SSSR count). The van der Waals surface area contributed by atoms with E-state index in [1.165, 1.54) is 5.56 Å². The zero-order valence-corrected chi connectivity index (χ0v) is 14.9. The van der Waals surface area contributed by atoms with Crippen LogP contribution in [0.25, 0.3) is 16.7 Å². The summed E-state index contributed by atoms with van der Waals surface area (Å²) in [5.41, 5.74) is 4.44. The lowest BCUT2D eigenvalue weighted by Crippen LogP contribution is -2.24. The first-order valence-electron chi connectivity index (χ1n) is 8.70. The lowest BCUT2D eigenvalue weighted by atomic mass is 9.96. The van der Waals surface area contributed by atoms with Crippen LogP contribution in [0.3, 0.4) is 0 Å². The van der Waals surface area contributed by atoms with E-state index in [9.17, 15) is 9.90 Å². The summed E-state index contributed by atoms with van der Waals surface area (Å²) in [5.74, 6) is 0. The molecule has 1 aromatic carbocycles. The molecule has 0 bridgehead atoms. The molecule has 3 aromatic rings. The van der Waals surface area contributed by atoms with Crippen LogP contribution in [0.15, 0.2) is 78.1 Å². The maximum absolute atomic E-state index is 12.2. The molecule has 0 amide bonds. The van der Waals surface area contributed by atoms with Gasteiger partial charge in [-0.05, 0) is 35.1 Å². The third-order valence-corrected chi connectivity index (χ3v) is 4.54. The summed E-state index contributed by atoms with van der Waals surface area (Å²) in [4.78, 5) is 12.2. The monoisotopic (exact) mass is 360 g/mol. The van der Waals surface area contributed by atoms with Crippen molar-refractivity contribution in [1.29, 1.82) is 0 Å². The number of aryl methyl sites for hydroxylation is 1. The van der Waals surface area contributed by atoms with E-state index in [1.807, 2.05) is 41.4 Å². The number of pyridine rings is 1. The third-order valence-electron chi connectivity index (χ3n) is 4.54. The highest BCUT2D eigenvalue weighted by molar-refractivity contribution is 5.85. The standard InChI is InChI=1S/C21H20N4O2/c1-24-14-19(18(10-21(24)27)16-7-8-22-20(26)9-16)17-11-23-25(13-17)12-15-5-3-2-4-6-15/h2-11,13-14,20,22,26H,12H2,1H3. The predicted molar refractivity (Wildman–Crippen MR) is 105 cm³/mol. The van der Waals surface area contributed by atoms with E-state index in [1.54, 1.807) is 36.2 Å². The number of hydrogen-bond acceptors (Lipinski definition) is 4. The highest BCUT2D eigenvalue weighted by Gasteiger charge is 2.15. The van der Waals surface area contributed by atoms with Crippen LogP contribution in [-0.4, -0.2) is 25.7 Å². The van der Waals surface area contributed by atoms with Gasteiger partial charge in [-0.3, -0.25) is 9.48 Å². The number of hydrogen-bond donors (Lipinski definition) is 2. The first-order valence-corrected chi connectivity index (χ1v) is 8.70. The second-order valence-corrected chi connectivity index (χ2v) is 6.53. The van der Waals surface area contributed by atoms with Crippen LogP contribution in [-0.2, 0) is 13.6 Å². The van der Waals surface area contributed by atoms with Crippen molar-refractivity contribution in [2.24, 2.45) is 7.05 Å². The number of nitrogens with one attached hydrogen (secondary N) is 1. The van der Waals surface area contributed by atoms with Crippen LogP contribution in [0.1, 0.15) is 11.1 Å². The van der Waals surface area contributed by atoms with Gasteiger partial charge in [-0.15, -0.1) is 0 Å². The smallest absolute Gasteiger partial charge is 0.250 e. The van der Waals surface area contributed by atoms with Gasteiger partial charge in [-0.1, -0.05) is 30.3 Å². The van der Waals surface area contributed by atoms with Gasteiger partial charge in [0.15, 0.2) is 0 Å². The highest BCUT2D eigenvalue weighted by atomic mass is 16.3. The molecular formula is C21H20N4O2. The third kappa shape index (κ3) is 3.61. The van der Waals surface area contributed by atoms with Crippen LogP contribution >= 0.6 is 0 Å². The number of rotatable bonds is 4. The molecule has 0 radical (unpaired) electrons. The van der Waals surface area contributed by atoms with E-state index < -0.39 is 6.23 Å². The first kappa shape index (κ1) is 17.1. The quantitative estimate of drug-likeness (QED) is 0.748. The lowest BCUT2D eigenvalue weighted by Gasteiger charge is -2.16. The summed E-state index contributed by atoms with van der Waals surface area (Å²) in [6.07, 6.45) is 10.0. The molecule has 1 aliphatic rings.